The van der Waals surface area contributed by atoms with Crippen LogP contribution in [0.2, 0.25) is 0 Å². The Balaban J connectivity index is 0.945. The highest BCUT2D eigenvalue weighted by Crippen LogP contribution is 2.58. The summed E-state index contributed by atoms with van der Waals surface area (Å²) in [6.07, 6.45) is 19.2. The highest BCUT2D eigenvalue weighted by Gasteiger charge is 2.49. The molecular formula is C79H70N2. The van der Waals surface area contributed by atoms with Crippen molar-refractivity contribution < 1.29 is 0 Å². The van der Waals surface area contributed by atoms with Crippen molar-refractivity contribution in [2.24, 2.45) is 5.92 Å². The lowest BCUT2D eigenvalue weighted by atomic mass is 9.67. The number of fused-ring (bicyclic) bond motifs is 6. The molecule has 1 heterocycles. The van der Waals surface area contributed by atoms with Crippen LogP contribution in [0.5, 0.6) is 0 Å². The fourth-order valence-electron chi connectivity index (χ4n) is 13.6. The SMILES string of the molecule is C=Cc1ccc(C2(c3ccc(C(C)(C)C)cc3)c3ccccc3-c3ccc(N(c4ccc(C5=CC6(C)c7cc(C8=CCC(C=C)C=C8)ccc7N(c7ccccc7)C6C=C5)cc4)c4ccc(C(C)(C)c5ccccc5)cc4)cc32)cc1. The van der Waals surface area contributed by atoms with Gasteiger partial charge in [-0.2, -0.15) is 0 Å². The van der Waals surface area contributed by atoms with Crippen LogP contribution in [0.3, 0.4) is 0 Å². The second-order valence-electron chi connectivity index (χ2n) is 24.4. The third-order valence-electron chi connectivity index (χ3n) is 18.3. The number of nitrogens with zero attached hydrogens (tertiary/aromatic N) is 2. The lowest BCUT2D eigenvalue weighted by Crippen LogP contribution is -2.39. The Morgan fingerprint density at radius 3 is 1.75 bits per heavy atom. The first-order valence-electron chi connectivity index (χ1n) is 28.9. The highest BCUT2D eigenvalue weighted by atomic mass is 15.2. The molecule has 9 aromatic carbocycles. The zero-order valence-corrected chi connectivity index (χ0v) is 47.6. The van der Waals surface area contributed by atoms with E-state index in [-0.39, 0.29) is 22.3 Å². The van der Waals surface area contributed by atoms with Gasteiger partial charge in [-0.3, -0.25) is 0 Å². The summed E-state index contributed by atoms with van der Waals surface area (Å²) in [5.74, 6) is 0.378. The smallest absolute Gasteiger partial charge is 0.0714 e. The first-order chi connectivity index (χ1) is 39.3. The van der Waals surface area contributed by atoms with Gasteiger partial charge in [0.25, 0.3) is 0 Å². The van der Waals surface area contributed by atoms with Crippen molar-refractivity contribution in [3.05, 3.63) is 335 Å². The van der Waals surface area contributed by atoms with Crippen molar-refractivity contribution in [1.82, 2.24) is 0 Å². The largest absolute Gasteiger partial charge is 0.333 e. The predicted molar refractivity (Wildman–Crippen MR) is 344 cm³/mol. The molecule has 396 valence electrons. The Morgan fingerprint density at radius 2 is 1.10 bits per heavy atom. The molecule has 13 rings (SSSR count). The number of rotatable bonds is 12. The second-order valence-corrected chi connectivity index (χ2v) is 24.4. The van der Waals surface area contributed by atoms with Crippen LogP contribution in [0, 0.1) is 5.92 Å². The number of para-hydroxylation sites is 1. The summed E-state index contributed by atoms with van der Waals surface area (Å²) in [5.41, 5.74) is 23.4. The Bertz CT molecular complexity index is 4000. The topological polar surface area (TPSA) is 6.48 Å². The van der Waals surface area contributed by atoms with Crippen molar-refractivity contribution in [3.63, 3.8) is 0 Å². The summed E-state index contributed by atoms with van der Waals surface area (Å²) in [6, 6.07) is 82.3. The molecule has 0 spiro atoms. The third kappa shape index (κ3) is 8.63. The van der Waals surface area contributed by atoms with Crippen molar-refractivity contribution in [2.75, 3.05) is 9.80 Å². The van der Waals surface area contributed by atoms with Crippen molar-refractivity contribution >= 4 is 45.7 Å². The maximum atomic E-state index is 4.13. The van der Waals surface area contributed by atoms with Crippen LogP contribution in [0.15, 0.2) is 274 Å². The standard InChI is InChI=1S/C79H70N2/c1-9-54-25-29-56(30-26-54)58-33-49-74-73(51-58)78(8)53-59(34-50-75(78)81(74)65-21-15-12-16-22-65)57-31-43-66(44-32-57)80(67-45-41-62(42-46-67)77(6,7)61-19-13-11-14-20-61)68-47-48-70-69-23-17-18-24-71(69)79(72(70)52-68,63-35-27-55(10-2)28-36-63)64-39-37-60(38-40-64)76(3,4)5/h9-25,27-54,75H,1-2,26H2,3-8H3. The van der Waals surface area contributed by atoms with E-state index < -0.39 is 5.41 Å². The van der Waals surface area contributed by atoms with Crippen LogP contribution in [-0.2, 0) is 21.7 Å². The number of benzene rings is 9. The molecule has 2 nitrogen and oxygen atoms in total. The van der Waals surface area contributed by atoms with Gasteiger partial charge in [-0.25, -0.2) is 0 Å². The summed E-state index contributed by atoms with van der Waals surface area (Å²) < 4.78 is 0. The molecule has 2 heteroatoms. The summed E-state index contributed by atoms with van der Waals surface area (Å²) in [4.78, 5) is 5.00. The van der Waals surface area contributed by atoms with Gasteiger partial charge in [-0.05, 0) is 169 Å². The van der Waals surface area contributed by atoms with Gasteiger partial charge in [0.2, 0.25) is 0 Å². The molecule has 1 aliphatic heterocycles. The van der Waals surface area contributed by atoms with Gasteiger partial charge >= 0.3 is 0 Å². The van der Waals surface area contributed by atoms with Gasteiger partial charge in [0.05, 0.1) is 11.5 Å². The zero-order chi connectivity index (χ0) is 55.7. The number of allylic oxidation sites excluding steroid dienone is 7. The molecule has 0 N–H and O–H groups in total. The molecule has 0 fully saturated rings. The van der Waals surface area contributed by atoms with E-state index in [2.05, 4.69) is 319 Å². The van der Waals surface area contributed by atoms with Gasteiger partial charge in [-0.15, -0.1) is 6.58 Å². The summed E-state index contributed by atoms with van der Waals surface area (Å²) in [5, 5.41) is 0. The van der Waals surface area contributed by atoms with E-state index in [0.717, 1.165) is 29.0 Å². The number of hydrogen-bond acceptors (Lipinski definition) is 2. The number of hydrogen-bond donors (Lipinski definition) is 0. The van der Waals surface area contributed by atoms with E-state index in [0.29, 0.717) is 5.92 Å². The molecule has 4 unspecified atom stereocenters. The highest BCUT2D eigenvalue weighted by molar-refractivity contribution is 5.91. The van der Waals surface area contributed by atoms with Crippen LogP contribution in [-0.4, -0.2) is 6.04 Å². The molecule has 0 saturated carbocycles. The van der Waals surface area contributed by atoms with E-state index in [4.69, 9.17) is 0 Å². The van der Waals surface area contributed by atoms with Gasteiger partial charge < -0.3 is 9.80 Å². The molecule has 0 aromatic heterocycles. The van der Waals surface area contributed by atoms with E-state index >= 15 is 0 Å². The second kappa shape index (κ2) is 20.0. The Kier molecular flexibility index (Phi) is 12.7. The average molecular weight is 1050 g/mol. The van der Waals surface area contributed by atoms with E-state index in [9.17, 15) is 0 Å². The molecule has 3 aliphatic carbocycles. The normalized spacial score (nSPS) is 19.7. The van der Waals surface area contributed by atoms with Crippen LogP contribution in [0.1, 0.15) is 109 Å². The molecule has 4 atom stereocenters. The van der Waals surface area contributed by atoms with Crippen molar-refractivity contribution in [1.29, 1.82) is 0 Å². The average Bonchev–Trinajstić information content (AvgIpc) is 2.66. The molecule has 0 bridgehead atoms. The minimum absolute atomic E-state index is 0.0124. The zero-order valence-electron chi connectivity index (χ0n) is 47.6. The van der Waals surface area contributed by atoms with Crippen LogP contribution < -0.4 is 9.80 Å². The molecule has 9 aromatic rings. The summed E-state index contributed by atoms with van der Waals surface area (Å²) >= 11 is 0. The Hall–Kier alpha value is -8.98. The van der Waals surface area contributed by atoms with E-state index in [1.165, 1.54) is 89.3 Å². The van der Waals surface area contributed by atoms with Crippen LogP contribution >= 0.6 is 0 Å². The first kappa shape index (κ1) is 51.5. The molecule has 0 radical (unpaired) electrons. The van der Waals surface area contributed by atoms with Gasteiger partial charge in [0.1, 0.15) is 0 Å². The minimum Gasteiger partial charge on any atom is -0.333 e. The van der Waals surface area contributed by atoms with Gasteiger partial charge in [-0.1, -0.05) is 248 Å². The van der Waals surface area contributed by atoms with Crippen molar-refractivity contribution in [3.8, 4) is 11.1 Å². The maximum Gasteiger partial charge on any atom is 0.0714 e. The fourth-order valence-corrected chi connectivity index (χ4v) is 13.6. The molecule has 81 heavy (non-hydrogen) atoms. The fraction of sp³-hybridized carbons (Fsp3) is 0.165. The van der Waals surface area contributed by atoms with E-state index in [1.54, 1.807) is 0 Å². The maximum absolute atomic E-state index is 4.13. The quantitative estimate of drug-likeness (QED) is 0.113. The third-order valence-corrected chi connectivity index (χ3v) is 18.3. The predicted octanol–water partition coefficient (Wildman–Crippen LogP) is 20.4. The van der Waals surface area contributed by atoms with Crippen LogP contribution in [0.4, 0.5) is 28.4 Å². The lowest BCUT2D eigenvalue weighted by Gasteiger charge is -2.36. The van der Waals surface area contributed by atoms with Gasteiger partial charge in [0.15, 0.2) is 0 Å². The molecule has 4 aliphatic rings. The van der Waals surface area contributed by atoms with Gasteiger partial charge in [0, 0.05) is 39.3 Å². The van der Waals surface area contributed by atoms with Crippen molar-refractivity contribution in [2.45, 2.75) is 75.7 Å². The minimum atomic E-state index is -0.598. The molecule has 0 saturated heterocycles. The van der Waals surface area contributed by atoms with Crippen LogP contribution in [0.25, 0.3) is 28.3 Å². The number of anilines is 5. The monoisotopic (exact) mass is 1050 g/mol. The first-order valence-corrected chi connectivity index (χ1v) is 28.9. The Labute approximate surface area is 480 Å². The lowest BCUT2D eigenvalue weighted by molar-refractivity contribution is 0.553. The summed E-state index contributed by atoms with van der Waals surface area (Å²) in [7, 11) is 0. The Morgan fingerprint density at radius 1 is 0.519 bits per heavy atom. The summed E-state index contributed by atoms with van der Waals surface area (Å²) in [6.45, 7) is 22.2. The van der Waals surface area contributed by atoms with E-state index in [1.807, 2.05) is 12.2 Å². The molecular weight excluding hydrogens is 977 g/mol. The molecule has 0 amide bonds.